The van der Waals surface area contributed by atoms with Crippen LogP contribution in [0.3, 0.4) is 0 Å². The predicted octanol–water partition coefficient (Wildman–Crippen LogP) is -0.133. The van der Waals surface area contributed by atoms with E-state index in [0.717, 1.165) is 26.1 Å². The summed E-state index contributed by atoms with van der Waals surface area (Å²) in [6, 6.07) is 0. The van der Waals surface area contributed by atoms with Gasteiger partial charge in [0.15, 0.2) is 0 Å². The first-order valence-corrected chi connectivity index (χ1v) is 5.91. The Hall–Kier alpha value is -1.71. The fraction of sp³-hybridized carbons (Fsp3) is 0.583. The number of carbonyl (C=O) groups is 1. The van der Waals surface area contributed by atoms with Crippen molar-refractivity contribution in [3.05, 3.63) is 12.4 Å². The average molecular weight is 250 g/mol. The Kier molecular flexibility index (Phi) is 7.44. The zero-order chi connectivity index (χ0) is 13.1. The summed E-state index contributed by atoms with van der Waals surface area (Å²) in [5.41, 5.74) is 0. The minimum absolute atomic E-state index is 0.0709. The van der Waals surface area contributed by atoms with Gasteiger partial charge < -0.3 is 10.1 Å². The molecule has 0 spiro atoms. The van der Waals surface area contributed by atoms with Crippen molar-refractivity contribution >= 4 is 5.78 Å². The van der Waals surface area contributed by atoms with Crippen molar-refractivity contribution in [1.82, 2.24) is 20.3 Å². The number of rotatable bonds is 9. The molecule has 6 heteroatoms. The lowest BCUT2D eigenvalue weighted by molar-refractivity contribution is -0.118. The summed E-state index contributed by atoms with van der Waals surface area (Å²) >= 11 is 0. The first-order valence-electron chi connectivity index (χ1n) is 5.91. The summed E-state index contributed by atoms with van der Waals surface area (Å²) in [6.45, 7) is 4.67. The van der Waals surface area contributed by atoms with Crippen LogP contribution in [0.1, 0.15) is 13.3 Å². The van der Waals surface area contributed by atoms with E-state index in [2.05, 4.69) is 27.5 Å². The van der Waals surface area contributed by atoms with E-state index in [1.54, 1.807) is 17.8 Å². The molecule has 0 bridgehead atoms. The van der Waals surface area contributed by atoms with Crippen LogP contribution < -0.4 is 5.32 Å². The number of aryl methyl sites for hydroxylation is 1. The molecule has 0 fully saturated rings. The maximum absolute atomic E-state index is 11.0. The third kappa shape index (κ3) is 6.78. The molecule has 1 N–H and O–H groups in total. The molecule has 1 rings (SSSR count). The second kappa shape index (κ2) is 9.33. The highest BCUT2D eigenvalue weighted by Gasteiger charge is 1.96. The quantitative estimate of drug-likeness (QED) is 0.375. The molecule has 0 amide bonds. The highest BCUT2D eigenvalue weighted by molar-refractivity contribution is 5.96. The smallest absolute Gasteiger partial charge is 0.231 e. The molecular weight excluding hydrogens is 232 g/mol. The Balaban J connectivity index is 1.86. The van der Waals surface area contributed by atoms with Crippen LogP contribution in [0.2, 0.25) is 0 Å². The Morgan fingerprint density at radius 2 is 2.39 bits per heavy atom. The number of aromatic nitrogens is 3. The van der Waals surface area contributed by atoms with E-state index in [0.29, 0.717) is 6.61 Å². The van der Waals surface area contributed by atoms with Gasteiger partial charge in [-0.05, 0) is 25.8 Å². The Bertz CT molecular complexity index is 392. The molecule has 98 valence electrons. The van der Waals surface area contributed by atoms with Crippen LogP contribution in [0.15, 0.2) is 12.4 Å². The van der Waals surface area contributed by atoms with Crippen LogP contribution in [0.4, 0.5) is 0 Å². The monoisotopic (exact) mass is 250 g/mol. The highest BCUT2D eigenvalue weighted by Crippen LogP contribution is 1.85. The summed E-state index contributed by atoms with van der Waals surface area (Å²) in [7, 11) is 0. The molecular formula is C12H18N4O2. The van der Waals surface area contributed by atoms with Gasteiger partial charge in [0.2, 0.25) is 5.78 Å². The molecule has 6 nitrogen and oxygen atoms in total. The predicted molar refractivity (Wildman–Crippen MR) is 66.8 cm³/mol. The van der Waals surface area contributed by atoms with Crippen LogP contribution in [0, 0.1) is 11.8 Å². The van der Waals surface area contributed by atoms with Gasteiger partial charge in [-0.15, -0.1) is 5.10 Å². The summed E-state index contributed by atoms with van der Waals surface area (Å²) in [6.07, 6.45) is 4.48. The topological polar surface area (TPSA) is 69.0 Å². The van der Waals surface area contributed by atoms with Gasteiger partial charge in [-0.2, -0.15) is 0 Å². The number of nitrogens with zero attached hydrogens (tertiary/aromatic N) is 3. The lowest BCUT2D eigenvalue weighted by Gasteiger charge is -2.04. The summed E-state index contributed by atoms with van der Waals surface area (Å²) in [5, 5.41) is 10.8. The van der Waals surface area contributed by atoms with E-state index >= 15 is 0 Å². The van der Waals surface area contributed by atoms with E-state index in [9.17, 15) is 4.79 Å². The Labute approximate surface area is 107 Å². The van der Waals surface area contributed by atoms with Crippen LogP contribution in [-0.4, -0.2) is 47.1 Å². The molecule has 0 atom stereocenters. The van der Waals surface area contributed by atoms with Crippen molar-refractivity contribution in [3.63, 3.8) is 0 Å². The molecule has 0 aliphatic rings. The second-order valence-corrected chi connectivity index (χ2v) is 3.62. The largest absolute Gasteiger partial charge is 0.371 e. The molecule has 0 aliphatic heterocycles. The zero-order valence-corrected chi connectivity index (χ0v) is 10.6. The van der Waals surface area contributed by atoms with Crippen molar-refractivity contribution in [2.24, 2.45) is 0 Å². The minimum Gasteiger partial charge on any atom is -0.371 e. The lowest BCUT2D eigenvalue weighted by Crippen LogP contribution is -2.23. The van der Waals surface area contributed by atoms with Crippen LogP contribution >= 0.6 is 0 Å². The molecule has 0 saturated heterocycles. The number of nitrogens with one attached hydrogen (secondary N) is 1. The fourth-order valence-corrected chi connectivity index (χ4v) is 1.33. The van der Waals surface area contributed by atoms with Crippen molar-refractivity contribution < 1.29 is 9.53 Å². The third-order valence-electron chi connectivity index (χ3n) is 2.13. The van der Waals surface area contributed by atoms with Gasteiger partial charge in [-0.1, -0.05) is 11.1 Å². The van der Waals surface area contributed by atoms with Crippen LogP contribution in [-0.2, 0) is 16.1 Å². The van der Waals surface area contributed by atoms with E-state index in [1.165, 1.54) is 0 Å². The average Bonchev–Trinajstić information content (AvgIpc) is 2.86. The van der Waals surface area contributed by atoms with E-state index in [-0.39, 0.29) is 12.4 Å². The second-order valence-electron chi connectivity index (χ2n) is 3.62. The molecule has 0 radical (unpaired) electrons. The molecule has 1 aromatic heterocycles. The van der Waals surface area contributed by atoms with Gasteiger partial charge in [-0.25, -0.2) is 0 Å². The molecule has 1 aromatic rings. The molecule has 0 unspecified atom stereocenters. The van der Waals surface area contributed by atoms with E-state index in [4.69, 9.17) is 4.74 Å². The van der Waals surface area contributed by atoms with E-state index < -0.39 is 0 Å². The third-order valence-corrected chi connectivity index (χ3v) is 2.13. The fourth-order valence-electron chi connectivity index (χ4n) is 1.33. The summed E-state index contributed by atoms with van der Waals surface area (Å²) in [4.78, 5) is 11.0. The molecule has 1 heterocycles. The molecule has 0 saturated carbocycles. The van der Waals surface area contributed by atoms with Gasteiger partial charge >= 0.3 is 0 Å². The van der Waals surface area contributed by atoms with Crippen molar-refractivity contribution in [2.45, 2.75) is 19.9 Å². The van der Waals surface area contributed by atoms with Gasteiger partial charge in [-0.3, -0.25) is 9.48 Å². The number of carbonyl (C=O) groups excluding carboxylic acids is 1. The van der Waals surface area contributed by atoms with Gasteiger partial charge in [0.1, 0.15) is 6.61 Å². The summed E-state index contributed by atoms with van der Waals surface area (Å²) in [5.74, 6) is 4.79. The molecule has 18 heavy (non-hydrogen) atoms. The van der Waals surface area contributed by atoms with Gasteiger partial charge in [0.05, 0.1) is 12.8 Å². The SMILES string of the molecule is CC#CC(=O)COCCNCCCn1ccnn1. The number of Topliss-reactive ketones (excluding diaryl/α,β-unsaturated/α-hetero) is 1. The number of hydrogen-bond acceptors (Lipinski definition) is 5. The Morgan fingerprint density at radius 1 is 1.50 bits per heavy atom. The summed E-state index contributed by atoms with van der Waals surface area (Å²) < 4.78 is 6.95. The maximum Gasteiger partial charge on any atom is 0.231 e. The molecule has 0 aliphatic carbocycles. The normalized spacial score (nSPS) is 9.83. The van der Waals surface area contributed by atoms with Gasteiger partial charge in [0, 0.05) is 19.3 Å². The van der Waals surface area contributed by atoms with Crippen molar-refractivity contribution in [3.8, 4) is 11.8 Å². The van der Waals surface area contributed by atoms with Crippen LogP contribution in [0.25, 0.3) is 0 Å². The van der Waals surface area contributed by atoms with Crippen LogP contribution in [0.5, 0.6) is 0 Å². The minimum atomic E-state index is -0.177. The van der Waals surface area contributed by atoms with Crippen molar-refractivity contribution in [1.29, 1.82) is 0 Å². The van der Waals surface area contributed by atoms with Gasteiger partial charge in [0.25, 0.3) is 0 Å². The Morgan fingerprint density at radius 3 is 3.11 bits per heavy atom. The number of hydrogen-bond donors (Lipinski definition) is 1. The van der Waals surface area contributed by atoms with Crippen molar-refractivity contribution in [2.75, 3.05) is 26.3 Å². The maximum atomic E-state index is 11.0. The first kappa shape index (κ1) is 14.4. The lowest BCUT2D eigenvalue weighted by atomic mass is 10.4. The standard InChI is InChI=1S/C12H18N4O2/c1-2-4-12(17)11-18-10-7-13-5-3-8-16-9-6-14-15-16/h6,9,13H,3,5,7-8,10-11H2,1H3. The first-order chi connectivity index (χ1) is 8.83. The zero-order valence-electron chi connectivity index (χ0n) is 10.6. The molecule has 0 aromatic carbocycles. The number of ether oxygens (including phenoxy) is 1. The number of ketones is 1. The highest BCUT2D eigenvalue weighted by atomic mass is 16.5. The van der Waals surface area contributed by atoms with E-state index in [1.807, 2.05) is 6.20 Å².